The van der Waals surface area contributed by atoms with Gasteiger partial charge in [0, 0.05) is 24.8 Å². The fourth-order valence-electron chi connectivity index (χ4n) is 3.59. The van der Waals surface area contributed by atoms with Crippen molar-refractivity contribution < 1.29 is 27.3 Å². The molecule has 206 valence electrons. The number of nitro groups is 1. The maximum absolute atomic E-state index is 14.2. The Morgan fingerprint density at radius 2 is 1.60 bits per heavy atom. The molecule has 0 aliphatic heterocycles. The Hall–Kier alpha value is -4.52. The number of anilines is 2. The number of carbonyl (C=O) groups is 1. The van der Waals surface area contributed by atoms with Gasteiger partial charge in [-0.25, -0.2) is 22.3 Å². The topological polar surface area (TPSA) is 131 Å². The molecule has 0 heterocycles. The van der Waals surface area contributed by atoms with Crippen LogP contribution in [-0.4, -0.2) is 32.5 Å². The van der Waals surface area contributed by atoms with Crippen LogP contribution in [0.1, 0.15) is 0 Å². The van der Waals surface area contributed by atoms with E-state index in [-0.39, 0.29) is 28.7 Å². The lowest BCUT2D eigenvalue weighted by molar-refractivity contribution is -0.384. The molecular formula is C27H22ClFN4O6S. The van der Waals surface area contributed by atoms with Crippen molar-refractivity contribution in [3.05, 3.63) is 118 Å². The maximum Gasteiger partial charge on any atom is 0.326 e. The lowest BCUT2D eigenvalue weighted by atomic mass is 10.2. The predicted molar refractivity (Wildman–Crippen MR) is 149 cm³/mol. The number of nitro benzene ring substituents is 1. The highest BCUT2D eigenvalue weighted by Crippen LogP contribution is 2.28. The van der Waals surface area contributed by atoms with Crippen LogP contribution in [0.25, 0.3) is 0 Å². The number of urea groups is 1. The highest BCUT2D eigenvalue weighted by atomic mass is 35.5. The normalized spacial score (nSPS) is 11.1. The third kappa shape index (κ3) is 7.11. The van der Waals surface area contributed by atoms with Gasteiger partial charge in [0.05, 0.1) is 15.5 Å². The van der Waals surface area contributed by atoms with Crippen molar-refractivity contribution in [3.63, 3.8) is 0 Å². The summed E-state index contributed by atoms with van der Waals surface area (Å²) in [7, 11) is -4.19. The largest absolute Gasteiger partial charge is 0.457 e. The molecule has 4 rings (SSSR count). The number of nitrogens with zero attached hydrogens (tertiary/aromatic N) is 2. The van der Waals surface area contributed by atoms with Crippen LogP contribution in [-0.2, 0) is 10.0 Å². The molecule has 2 amide bonds. The summed E-state index contributed by atoms with van der Waals surface area (Å²) in [4.78, 5) is 24.4. The number of halogens is 2. The molecular weight excluding hydrogens is 563 g/mol. The summed E-state index contributed by atoms with van der Waals surface area (Å²) in [5.41, 5.74) is -0.251. The Balaban J connectivity index is 1.53. The molecule has 0 saturated carbocycles. The quantitative estimate of drug-likeness (QED) is 0.169. The Bertz CT molecular complexity index is 1620. The van der Waals surface area contributed by atoms with Crippen molar-refractivity contribution in [2.75, 3.05) is 23.3 Å². The lowest BCUT2D eigenvalue weighted by Crippen LogP contribution is -2.41. The maximum atomic E-state index is 14.2. The molecule has 0 aliphatic rings. The van der Waals surface area contributed by atoms with Gasteiger partial charge in [0.25, 0.3) is 5.69 Å². The number of para-hydroxylation sites is 2. The number of ether oxygens (including phenoxy) is 1. The highest BCUT2D eigenvalue weighted by Gasteiger charge is 2.22. The molecule has 0 aromatic heterocycles. The third-order valence-corrected chi connectivity index (χ3v) is 7.32. The van der Waals surface area contributed by atoms with Gasteiger partial charge in [0.1, 0.15) is 22.3 Å². The number of hydrogen-bond acceptors (Lipinski definition) is 6. The van der Waals surface area contributed by atoms with E-state index in [0.29, 0.717) is 17.2 Å². The molecule has 4 aromatic rings. The van der Waals surface area contributed by atoms with Crippen LogP contribution in [0.4, 0.5) is 26.2 Å². The first-order valence-corrected chi connectivity index (χ1v) is 13.6. The minimum absolute atomic E-state index is 0.0596. The zero-order valence-electron chi connectivity index (χ0n) is 20.7. The summed E-state index contributed by atoms with van der Waals surface area (Å²) >= 11 is 5.78. The van der Waals surface area contributed by atoms with Gasteiger partial charge in [-0.2, -0.15) is 0 Å². The summed E-state index contributed by atoms with van der Waals surface area (Å²) in [6.45, 7) is -0.445. The Labute approximate surface area is 234 Å². The van der Waals surface area contributed by atoms with Crippen molar-refractivity contribution in [2.45, 2.75) is 4.90 Å². The van der Waals surface area contributed by atoms with Gasteiger partial charge in [-0.15, -0.1) is 0 Å². The minimum Gasteiger partial charge on any atom is -0.457 e. The van der Waals surface area contributed by atoms with E-state index in [1.165, 1.54) is 23.1 Å². The standard InChI is InChI=1S/C27H22ClFN4O6S/c28-23-15-14-22(18-26(23)33(35)36)40(37,38)30-16-17-32(27(34)31-25-9-5-4-8-24(25)29)19-10-12-21(13-11-19)39-20-6-2-1-3-7-20/h1-15,18,30H,16-17H2,(H,31,34). The number of carbonyl (C=O) groups excluding carboxylic acids is 1. The fraction of sp³-hybridized carbons (Fsp3) is 0.0741. The van der Waals surface area contributed by atoms with Crippen molar-refractivity contribution in [3.8, 4) is 11.5 Å². The van der Waals surface area contributed by atoms with Gasteiger partial charge in [-0.05, 0) is 60.7 Å². The molecule has 2 N–H and O–H groups in total. The molecule has 40 heavy (non-hydrogen) atoms. The predicted octanol–water partition coefficient (Wildman–Crippen LogP) is 6.20. The Morgan fingerprint density at radius 1 is 0.950 bits per heavy atom. The van der Waals surface area contributed by atoms with Crippen LogP contribution in [0.5, 0.6) is 11.5 Å². The fourth-order valence-corrected chi connectivity index (χ4v) is 4.81. The van der Waals surface area contributed by atoms with E-state index in [0.717, 1.165) is 18.2 Å². The molecule has 0 atom stereocenters. The number of benzene rings is 4. The van der Waals surface area contributed by atoms with E-state index in [1.54, 1.807) is 42.5 Å². The van der Waals surface area contributed by atoms with Crippen LogP contribution in [0.15, 0.2) is 102 Å². The van der Waals surface area contributed by atoms with Gasteiger partial charge < -0.3 is 10.1 Å². The van der Waals surface area contributed by atoms with Crippen LogP contribution < -0.4 is 19.7 Å². The van der Waals surface area contributed by atoms with Gasteiger partial charge in [-0.1, -0.05) is 41.9 Å². The van der Waals surface area contributed by atoms with Crippen LogP contribution in [0, 0.1) is 15.9 Å². The van der Waals surface area contributed by atoms with Crippen molar-refractivity contribution in [1.82, 2.24) is 4.72 Å². The molecule has 4 aromatic carbocycles. The van der Waals surface area contributed by atoms with Gasteiger partial charge in [-0.3, -0.25) is 15.0 Å². The average molecular weight is 585 g/mol. The molecule has 0 fully saturated rings. The first kappa shape index (κ1) is 28.5. The van der Waals surface area contributed by atoms with E-state index >= 15 is 0 Å². The van der Waals surface area contributed by atoms with Crippen LogP contribution in [0.2, 0.25) is 5.02 Å². The van der Waals surface area contributed by atoms with Crippen LogP contribution >= 0.6 is 11.6 Å². The average Bonchev–Trinajstić information content (AvgIpc) is 2.93. The number of nitrogens with one attached hydrogen (secondary N) is 2. The summed E-state index contributed by atoms with van der Waals surface area (Å²) in [5.74, 6) is 0.461. The molecule has 0 spiro atoms. The smallest absolute Gasteiger partial charge is 0.326 e. The highest BCUT2D eigenvalue weighted by molar-refractivity contribution is 7.89. The van der Waals surface area contributed by atoms with Crippen LogP contribution in [0.3, 0.4) is 0 Å². The minimum atomic E-state index is -4.19. The first-order chi connectivity index (χ1) is 19.1. The molecule has 10 nitrogen and oxygen atoms in total. The SMILES string of the molecule is O=C(Nc1ccccc1F)N(CCNS(=O)(=O)c1ccc(Cl)c([N+](=O)[O-])c1)c1ccc(Oc2ccccc2)cc1. The zero-order chi connectivity index (χ0) is 28.7. The Kier molecular flexibility index (Phi) is 8.94. The molecule has 0 aliphatic carbocycles. The zero-order valence-corrected chi connectivity index (χ0v) is 22.2. The number of amides is 2. The summed E-state index contributed by atoms with van der Waals surface area (Å²) in [6.07, 6.45) is 0. The lowest BCUT2D eigenvalue weighted by Gasteiger charge is -2.24. The molecule has 0 radical (unpaired) electrons. The first-order valence-electron chi connectivity index (χ1n) is 11.7. The van der Waals surface area contributed by atoms with E-state index < -0.39 is 32.5 Å². The second kappa shape index (κ2) is 12.6. The summed E-state index contributed by atoms with van der Waals surface area (Å²) < 4.78 is 47.9. The number of sulfonamides is 1. The van der Waals surface area contributed by atoms with Gasteiger partial charge >= 0.3 is 6.03 Å². The van der Waals surface area contributed by atoms with E-state index in [2.05, 4.69) is 10.0 Å². The molecule has 0 unspecified atom stereocenters. The number of hydrogen-bond donors (Lipinski definition) is 2. The summed E-state index contributed by atoms with van der Waals surface area (Å²) in [5, 5.41) is 13.4. The monoisotopic (exact) mass is 584 g/mol. The third-order valence-electron chi connectivity index (χ3n) is 5.54. The number of rotatable bonds is 10. The van der Waals surface area contributed by atoms with Crippen molar-refractivity contribution in [2.24, 2.45) is 0 Å². The van der Waals surface area contributed by atoms with E-state index in [9.17, 15) is 27.7 Å². The van der Waals surface area contributed by atoms with Gasteiger partial charge in [0.15, 0.2) is 0 Å². The molecule has 13 heteroatoms. The van der Waals surface area contributed by atoms with Crippen molar-refractivity contribution in [1.29, 1.82) is 0 Å². The molecule has 0 saturated heterocycles. The van der Waals surface area contributed by atoms with E-state index in [1.807, 2.05) is 18.2 Å². The summed E-state index contributed by atoms with van der Waals surface area (Å²) in [6, 6.07) is 23.5. The second-order valence-corrected chi connectivity index (χ2v) is 10.4. The van der Waals surface area contributed by atoms with Gasteiger partial charge in [0.2, 0.25) is 10.0 Å². The van der Waals surface area contributed by atoms with E-state index in [4.69, 9.17) is 16.3 Å². The molecule has 0 bridgehead atoms. The van der Waals surface area contributed by atoms with Crippen molar-refractivity contribution >= 4 is 44.7 Å². The Morgan fingerprint density at radius 3 is 2.27 bits per heavy atom. The second-order valence-electron chi connectivity index (χ2n) is 8.24.